The van der Waals surface area contributed by atoms with Crippen molar-refractivity contribution in [3.8, 4) is 5.75 Å². The predicted molar refractivity (Wildman–Crippen MR) is 104 cm³/mol. The van der Waals surface area contributed by atoms with E-state index in [9.17, 15) is 9.90 Å². The number of carbonyl (C=O) groups excluding carboxylic acids is 1. The van der Waals surface area contributed by atoms with Gasteiger partial charge < -0.3 is 25.2 Å². The van der Waals surface area contributed by atoms with Crippen LogP contribution in [0.1, 0.15) is 30.9 Å². The van der Waals surface area contributed by atoms with E-state index in [0.29, 0.717) is 12.4 Å². The molecule has 2 aromatic rings. The zero-order valence-electron chi connectivity index (χ0n) is 15.5. The molecular weight excluding hydrogens is 344 g/mol. The summed E-state index contributed by atoms with van der Waals surface area (Å²) in [7, 11) is 0. The van der Waals surface area contributed by atoms with E-state index in [2.05, 4.69) is 10.6 Å². The van der Waals surface area contributed by atoms with Crippen molar-refractivity contribution in [2.75, 3.05) is 11.9 Å². The highest BCUT2D eigenvalue weighted by Crippen LogP contribution is 2.28. The Labute approximate surface area is 159 Å². The zero-order valence-corrected chi connectivity index (χ0v) is 15.5. The van der Waals surface area contributed by atoms with Crippen molar-refractivity contribution in [1.29, 1.82) is 0 Å². The quantitative estimate of drug-likeness (QED) is 0.663. The van der Waals surface area contributed by atoms with E-state index in [4.69, 9.17) is 9.47 Å². The summed E-state index contributed by atoms with van der Waals surface area (Å²) in [4.78, 5) is 11.9. The minimum atomic E-state index is -0.383. The summed E-state index contributed by atoms with van der Waals surface area (Å²) in [5, 5.41) is 15.8. The number of benzene rings is 2. The van der Waals surface area contributed by atoms with E-state index in [1.54, 1.807) is 0 Å². The number of alkyl carbamates (subject to hydrolysis) is 1. The second-order valence-electron chi connectivity index (χ2n) is 6.63. The lowest BCUT2D eigenvalue weighted by atomic mass is 9.86. The fraction of sp³-hybridized carbons (Fsp3) is 0.381. The van der Waals surface area contributed by atoms with Crippen molar-refractivity contribution >= 4 is 11.8 Å². The van der Waals surface area contributed by atoms with E-state index < -0.39 is 0 Å². The Morgan fingerprint density at radius 3 is 2.63 bits per heavy atom. The van der Waals surface area contributed by atoms with Crippen LogP contribution in [0.2, 0.25) is 0 Å². The first kappa shape index (κ1) is 19.0. The van der Waals surface area contributed by atoms with Crippen LogP contribution >= 0.6 is 0 Å². The first-order valence-corrected chi connectivity index (χ1v) is 9.28. The molecule has 1 amide bonds. The third-order valence-electron chi connectivity index (χ3n) is 4.57. The van der Waals surface area contributed by atoms with Crippen molar-refractivity contribution in [1.82, 2.24) is 5.32 Å². The van der Waals surface area contributed by atoms with E-state index in [-0.39, 0.29) is 31.4 Å². The van der Waals surface area contributed by atoms with Crippen molar-refractivity contribution in [3.05, 3.63) is 59.7 Å². The summed E-state index contributed by atoms with van der Waals surface area (Å²) >= 11 is 0. The largest absolute Gasteiger partial charge is 0.494 e. The molecule has 27 heavy (non-hydrogen) atoms. The molecule has 2 aromatic carbocycles. The number of carbonyl (C=O) groups is 1. The van der Waals surface area contributed by atoms with Gasteiger partial charge in [-0.15, -0.1) is 0 Å². The third kappa shape index (κ3) is 5.37. The van der Waals surface area contributed by atoms with Crippen LogP contribution < -0.4 is 15.4 Å². The first-order valence-electron chi connectivity index (χ1n) is 9.28. The lowest BCUT2D eigenvalue weighted by Crippen LogP contribution is -2.49. The Morgan fingerprint density at radius 1 is 1.15 bits per heavy atom. The Hall–Kier alpha value is -2.73. The van der Waals surface area contributed by atoms with Crippen LogP contribution in [0, 0.1) is 0 Å². The molecular formula is C21H26N2O4. The van der Waals surface area contributed by atoms with Gasteiger partial charge in [-0.1, -0.05) is 30.3 Å². The minimum Gasteiger partial charge on any atom is -0.494 e. The number of ether oxygens (including phenoxy) is 2. The lowest BCUT2D eigenvalue weighted by Gasteiger charge is -2.36. The molecule has 0 saturated heterocycles. The number of aliphatic hydroxyl groups excluding tert-OH is 1. The molecule has 0 radical (unpaired) electrons. The average molecular weight is 370 g/mol. The number of rotatable bonds is 8. The van der Waals surface area contributed by atoms with Crippen LogP contribution in [0.25, 0.3) is 0 Å². The molecule has 0 aromatic heterocycles. The summed E-state index contributed by atoms with van der Waals surface area (Å²) in [6.07, 6.45) is 1.29. The molecule has 0 heterocycles. The van der Waals surface area contributed by atoms with Crippen LogP contribution in [-0.2, 0) is 18.0 Å². The first-order chi connectivity index (χ1) is 13.2. The number of aliphatic hydroxyl groups is 1. The fourth-order valence-corrected chi connectivity index (χ4v) is 3.11. The number of anilines is 1. The normalized spacial score (nSPS) is 18.3. The maximum absolute atomic E-state index is 11.9. The van der Waals surface area contributed by atoms with Crippen LogP contribution in [0.15, 0.2) is 48.5 Å². The fourth-order valence-electron chi connectivity index (χ4n) is 3.11. The second-order valence-corrected chi connectivity index (χ2v) is 6.63. The van der Waals surface area contributed by atoms with Gasteiger partial charge in [-0.3, -0.25) is 0 Å². The highest BCUT2D eigenvalue weighted by Gasteiger charge is 2.30. The topological polar surface area (TPSA) is 79.8 Å². The van der Waals surface area contributed by atoms with Gasteiger partial charge in [0.25, 0.3) is 0 Å². The van der Waals surface area contributed by atoms with Gasteiger partial charge in [0.2, 0.25) is 0 Å². The summed E-state index contributed by atoms with van der Waals surface area (Å²) in [6.45, 7) is 2.69. The van der Waals surface area contributed by atoms with Gasteiger partial charge in [0.15, 0.2) is 0 Å². The summed E-state index contributed by atoms with van der Waals surface area (Å²) in [6, 6.07) is 15.7. The predicted octanol–water partition coefficient (Wildman–Crippen LogP) is 3.45. The zero-order chi connectivity index (χ0) is 19.1. The molecule has 144 valence electrons. The van der Waals surface area contributed by atoms with Crippen LogP contribution in [0.5, 0.6) is 5.75 Å². The highest BCUT2D eigenvalue weighted by atomic mass is 16.5. The van der Waals surface area contributed by atoms with E-state index >= 15 is 0 Å². The smallest absolute Gasteiger partial charge is 0.407 e. The summed E-state index contributed by atoms with van der Waals surface area (Å²) in [5.74, 6) is 0.708. The molecule has 1 saturated carbocycles. The van der Waals surface area contributed by atoms with Gasteiger partial charge >= 0.3 is 6.09 Å². The third-order valence-corrected chi connectivity index (χ3v) is 4.57. The van der Waals surface area contributed by atoms with Gasteiger partial charge in [0.1, 0.15) is 12.4 Å². The summed E-state index contributed by atoms with van der Waals surface area (Å²) in [5.41, 5.74) is 2.67. The van der Waals surface area contributed by atoms with E-state index in [0.717, 1.165) is 29.7 Å². The lowest BCUT2D eigenvalue weighted by molar-refractivity contribution is 0.129. The van der Waals surface area contributed by atoms with Crippen molar-refractivity contribution < 1.29 is 19.4 Å². The van der Waals surface area contributed by atoms with Gasteiger partial charge in [0.05, 0.1) is 13.2 Å². The average Bonchev–Trinajstić information content (AvgIpc) is 2.66. The van der Waals surface area contributed by atoms with Crippen LogP contribution in [0.3, 0.4) is 0 Å². The van der Waals surface area contributed by atoms with E-state index in [1.807, 2.05) is 55.5 Å². The number of hydrogen-bond acceptors (Lipinski definition) is 5. The Kier molecular flexibility index (Phi) is 6.54. The standard InChI is InChI=1S/C21H26N2O4/c1-2-26-20-9-8-17(10-16(20)13-24)22-18-11-19(12-18)23-21(25)27-14-15-6-4-3-5-7-15/h3-10,18-19,22,24H,2,11-14H2,1H3,(H,23,25). The molecule has 1 aliphatic rings. The number of hydrogen-bond donors (Lipinski definition) is 3. The highest BCUT2D eigenvalue weighted by molar-refractivity contribution is 5.68. The SMILES string of the molecule is CCOc1ccc(NC2CC(NC(=O)OCc3ccccc3)C2)cc1CO. The van der Waals surface area contributed by atoms with Gasteiger partial charge in [-0.05, 0) is 43.5 Å². The Balaban J connectivity index is 1.40. The van der Waals surface area contributed by atoms with Gasteiger partial charge in [0, 0.05) is 23.3 Å². The molecule has 3 rings (SSSR count). The number of amides is 1. The molecule has 0 aliphatic heterocycles. The Morgan fingerprint density at radius 2 is 1.93 bits per heavy atom. The Bertz CT molecular complexity index is 745. The van der Waals surface area contributed by atoms with Crippen molar-refractivity contribution in [2.24, 2.45) is 0 Å². The molecule has 0 unspecified atom stereocenters. The molecule has 1 aliphatic carbocycles. The van der Waals surface area contributed by atoms with Crippen molar-refractivity contribution in [3.63, 3.8) is 0 Å². The molecule has 3 N–H and O–H groups in total. The molecule has 0 atom stereocenters. The van der Waals surface area contributed by atoms with Gasteiger partial charge in [-0.2, -0.15) is 0 Å². The second kappa shape index (κ2) is 9.28. The van der Waals surface area contributed by atoms with Crippen molar-refractivity contribution in [2.45, 2.75) is 45.1 Å². The molecule has 0 bridgehead atoms. The maximum atomic E-state index is 11.9. The molecule has 0 spiro atoms. The van der Waals surface area contributed by atoms with Gasteiger partial charge in [-0.25, -0.2) is 4.79 Å². The molecule has 6 heteroatoms. The summed E-state index contributed by atoms with van der Waals surface area (Å²) < 4.78 is 10.7. The monoisotopic (exact) mass is 370 g/mol. The van der Waals surface area contributed by atoms with E-state index in [1.165, 1.54) is 0 Å². The maximum Gasteiger partial charge on any atom is 0.407 e. The molecule has 1 fully saturated rings. The number of nitrogens with one attached hydrogen (secondary N) is 2. The van der Waals surface area contributed by atoms with Crippen LogP contribution in [-0.4, -0.2) is 29.9 Å². The minimum absolute atomic E-state index is 0.0625. The van der Waals surface area contributed by atoms with Crippen LogP contribution in [0.4, 0.5) is 10.5 Å². The molecule has 6 nitrogen and oxygen atoms in total.